The normalized spacial score (nSPS) is 23.8. The van der Waals surface area contributed by atoms with Crippen molar-refractivity contribution >= 4 is 76.6 Å². The monoisotopic (exact) mass is 1270 g/mol. The molecule has 496 valence electrons. The predicted molar refractivity (Wildman–Crippen MR) is 331 cm³/mol. The van der Waals surface area contributed by atoms with Gasteiger partial charge in [-0.15, -0.1) is 0 Å². The summed E-state index contributed by atoms with van der Waals surface area (Å²) >= 11 is 6.08. The minimum atomic E-state index is -4.77. The molecule has 1 heterocycles. The van der Waals surface area contributed by atoms with Crippen molar-refractivity contribution in [2.45, 2.75) is 175 Å². The molecule has 0 radical (unpaired) electrons. The third-order valence-electron chi connectivity index (χ3n) is 16.7. The molecule has 89 heavy (non-hydrogen) atoms. The van der Waals surface area contributed by atoms with E-state index in [0.29, 0.717) is 12.0 Å². The number of likely N-dealkylation sites (N-methyl/N-ethyl adjacent to an activating group) is 7. The number of nitrogens with zero attached hydrogens (tertiary/aromatic N) is 7. The van der Waals surface area contributed by atoms with Gasteiger partial charge in [0.2, 0.25) is 65.0 Å². The summed E-state index contributed by atoms with van der Waals surface area (Å²) in [6.45, 7) is 16.9. The van der Waals surface area contributed by atoms with Crippen LogP contribution in [0, 0.1) is 24.7 Å². The van der Waals surface area contributed by atoms with Crippen molar-refractivity contribution in [3.8, 4) is 0 Å². The summed E-state index contributed by atoms with van der Waals surface area (Å²) in [4.78, 5) is 165. The number of rotatable bonds is 11. The van der Waals surface area contributed by atoms with Gasteiger partial charge in [-0.25, -0.2) is 0 Å². The maximum absolute atomic E-state index is 14.7. The molecule has 0 aromatic heterocycles. The molecule has 0 saturated carbocycles. The fourth-order valence-corrected chi connectivity index (χ4v) is 10.2. The van der Waals surface area contributed by atoms with Crippen molar-refractivity contribution in [1.29, 1.82) is 0 Å². The molecule has 1 fully saturated rings. The number of carbonyl (C=O) groups is 11. The number of halogens is 4. The molecule has 3 rings (SSSR count). The van der Waals surface area contributed by atoms with Gasteiger partial charge >= 0.3 is 6.18 Å². The number of aryl methyl sites for hydroxylation is 2. The van der Waals surface area contributed by atoms with Gasteiger partial charge in [-0.2, -0.15) is 13.2 Å². The van der Waals surface area contributed by atoms with E-state index in [1.165, 1.54) is 86.0 Å². The first-order valence-corrected chi connectivity index (χ1v) is 30.4. The molecule has 2 aromatic carbocycles. The van der Waals surface area contributed by atoms with Crippen molar-refractivity contribution in [3.05, 3.63) is 69.7 Å². The highest BCUT2D eigenvalue weighted by atomic mass is 35.5. The van der Waals surface area contributed by atoms with Crippen LogP contribution in [0.1, 0.15) is 124 Å². The molecule has 26 heteroatoms. The lowest BCUT2D eigenvalue weighted by atomic mass is 9.95. The minimum Gasteiger partial charge on any atom is -0.343 e. The average molecular weight is 1270 g/mol. The maximum Gasteiger partial charge on any atom is 0.417 e. The van der Waals surface area contributed by atoms with Gasteiger partial charge < -0.3 is 55.6 Å². The molecule has 8 atom stereocenters. The third-order valence-corrected chi connectivity index (χ3v) is 17.0. The molecular weight excluding hydrogens is 1180 g/mol. The van der Waals surface area contributed by atoms with E-state index in [1.807, 2.05) is 39.8 Å². The molecule has 2 aromatic rings. The fraction of sp³-hybridized carbons (Fsp3) is 0.635. The van der Waals surface area contributed by atoms with Gasteiger partial charge in [0.15, 0.2) is 0 Å². The van der Waals surface area contributed by atoms with Crippen molar-refractivity contribution in [1.82, 2.24) is 55.6 Å². The van der Waals surface area contributed by atoms with E-state index in [0.717, 1.165) is 42.2 Å². The number of alkyl halides is 3. The van der Waals surface area contributed by atoms with Crippen molar-refractivity contribution in [2.24, 2.45) is 17.8 Å². The lowest BCUT2D eigenvalue weighted by Gasteiger charge is -2.39. The summed E-state index contributed by atoms with van der Waals surface area (Å²) in [5, 5.41) is 10.4. The highest BCUT2D eigenvalue weighted by Gasteiger charge is 2.43. The van der Waals surface area contributed by atoms with Crippen molar-refractivity contribution in [2.75, 3.05) is 69.0 Å². The number of nitrogens with one attached hydrogen (secondary N) is 4. The van der Waals surface area contributed by atoms with Gasteiger partial charge in [0.25, 0.3) is 0 Å². The van der Waals surface area contributed by atoms with E-state index in [4.69, 9.17) is 11.6 Å². The van der Waals surface area contributed by atoms with E-state index in [2.05, 4.69) is 21.3 Å². The van der Waals surface area contributed by atoms with Crippen LogP contribution < -0.4 is 21.3 Å². The Bertz CT molecular complexity index is 2870. The molecule has 1 saturated heterocycles. The van der Waals surface area contributed by atoms with Crippen LogP contribution in [0.4, 0.5) is 13.2 Å². The topological polar surface area (TPSA) is 259 Å². The van der Waals surface area contributed by atoms with Crippen LogP contribution in [0.5, 0.6) is 0 Å². The Morgan fingerprint density at radius 2 is 1.15 bits per heavy atom. The van der Waals surface area contributed by atoms with Crippen LogP contribution >= 0.6 is 11.6 Å². The first-order chi connectivity index (χ1) is 41.1. The first-order valence-electron chi connectivity index (χ1n) is 30.1. The Labute approximate surface area is 527 Å². The molecule has 11 amide bonds. The van der Waals surface area contributed by atoms with Gasteiger partial charge in [-0.05, 0) is 101 Å². The van der Waals surface area contributed by atoms with Gasteiger partial charge in [-0.1, -0.05) is 95.5 Å². The quantitative estimate of drug-likeness (QED) is 0.244. The van der Waals surface area contributed by atoms with Gasteiger partial charge in [0.1, 0.15) is 41.8 Å². The second-order valence-electron chi connectivity index (χ2n) is 25.2. The van der Waals surface area contributed by atoms with Crippen LogP contribution in [0.2, 0.25) is 5.02 Å². The summed E-state index contributed by atoms with van der Waals surface area (Å²) in [7, 11) is 9.60. The van der Waals surface area contributed by atoms with Crippen molar-refractivity contribution in [3.63, 3.8) is 0 Å². The summed E-state index contributed by atoms with van der Waals surface area (Å²) in [5.74, 6) is -8.60. The first kappa shape index (κ1) is 75.9. The molecule has 4 N–H and O–H groups in total. The predicted octanol–water partition coefficient (Wildman–Crippen LogP) is 4.46. The Balaban J connectivity index is 2.20. The van der Waals surface area contributed by atoms with E-state index >= 15 is 0 Å². The number of amides is 11. The molecular formula is C63H95ClF3N11O11. The minimum absolute atomic E-state index is 0.0153. The summed E-state index contributed by atoms with van der Waals surface area (Å²) in [6.07, 6.45) is -4.88. The second kappa shape index (κ2) is 33.0. The smallest absolute Gasteiger partial charge is 0.343 e. The Morgan fingerprint density at radius 3 is 1.69 bits per heavy atom. The zero-order valence-corrected chi connectivity index (χ0v) is 55.8. The average Bonchev–Trinajstić information content (AvgIpc) is 1.22. The van der Waals surface area contributed by atoms with E-state index in [9.17, 15) is 65.9 Å². The number of hydrogen-bond acceptors (Lipinski definition) is 11. The lowest BCUT2D eigenvalue weighted by molar-refractivity contribution is -0.149. The Morgan fingerprint density at radius 1 is 0.607 bits per heavy atom. The van der Waals surface area contributed by atoms with Crippen LogP contribution in [0.15, 0.2) is 42.5 Å². The molecule has 1 aliphatic rings. The van der Waals surface area contributed by atoms with E-state index < -0.39 is 155 Å². The summed E-state index contributed by atoms with van der Waals surface area (Å²) in [5.41, 5.74) is -0.985. The number of hydrogen-bond donors (Lipinski definition) is 4. The molecule has 0 aliphatic carbocycles. The SMILES string of the molecule is CC[C@H](C)[C@@H]1NC(=O)[C@H](C)N(C)C(=O)C[C@@H](C)N(C)C(=O)[C@H](CC(C)C)NC(=O)C(C)(C)N(C)C(=O)[C@H](CC(C)C)NC(=O)[C@H](CCc2ccc(C(F)(F)F)c(Cl)c2)NC(=O)CN(C)C(=O)[C@H](Cc2ccc(C)cc2)N(C)C(=O)CN(C)C(=O)CN(C)C1=O. The van der Waals surface area contributed by atoms with Gasteiger partial charge in [0, 0.05) is 68.2 Å². The molecule has 1 aliphatic heterocycles. The highest BCUT2D eigenvalue weighted by Crippen LogP contribution is 2.35. The zero-order chi connectivity index (χ0) is 67.9. The molecule has 0 bridgehead atoms. The van der Waals surface area contributed by atoms with Gasteiger partial charge in [0.05, 0.1) is 30.2 Å². The van der Waals surface area contributed by atoms with Crippen LogP contribution in [0.25, 0.3) is 0 Å². The molecule has 0 unspecified atom stereocenters. The van der Waals surface area contributed by atoms with Crippen LogP contribution in [-0.2, 0) is 71.8 Å². The molecule has 0 spiro atoms. The van der Waals surface area contributed by atoms with E-state index in [1.54, 1.807) is 39.8 Å². The lowest BCUT2D eigenvalue weighted by Crippen LogP contribution is -2.63. The Kier molecular flexibility index (Phi) is 28.1. The van der Waals surface area contributed by atoms with Crippen LogP contribution in [-0.4, -0.2) is 216 Å². The summed E-state index contributed by atoms with van der Waals surface area (Å²) < 4.78 is 41.2. The largest absolute Gasteiger partial charge is 0.417 e. The van der Waals surface area contributed by atoms with Crippen LogP contribution in [0.3, 0.4) is 0 Å². The highest BCUT2D eigenvalue weighted by molar-refractivity contribution is 6.31. The number of benzene rings is 2. The standard InChI is InChI=1S/C63H95ClF3N11O11/c1-19-39(7)54-60(88)74(14)34-52(81)72(12)35-53(82)77(17)49(32-43-22-20-38(6)21-23-43)59(87)73(13)33-50(79)68-46(27-25-42-24-26-44(45(64)31-42)63(65,66)67)56(84)69-48(29-37(4)5)58(86)78(18)62(10,11)61(89)70-47(28-36(2)3)57(85)75(15)40(8)30-51(80)76(16)41(9)55(83)71-54/h20-24,26,31,36-37,39-41,46-49,54H,19,25,27-30,32-35H2,1-18H3,(H,68,79)(H,69,84)(H,70,89)(H,71,83)/t39-,40+,41-,46-,47-,48-,49-,54-/m0/s1. The third kappa shape index (κ3) is 21.4. The number of carbonyl (C=O) groups excluding carboxylic acids is 11. The maximum atomic E-state index is 14.7. The van der Waals surface area contributed by atoms with Crippen molar-refractivity contribution < 1.29 is 65.9 Å². The molecule has 22 nitrogen and oxygen atoms in total. The summed E-state index contributed by atoms with van der Waals surface area (Å²) in [6, 6.07) is 1.86. The van der Waals surface area contributed by atoms with Gasteiger partial charge in [-0.3, -0.25) is 52.7 Å². The Hall–Kier alpha value is -7.31. The fourth-order valence-electron chi connectivity index (χ4n) is 9.86. The zero-order valence-electron chi connectivity index (χ0n) is 55.0. The van der Waals surface area contributed by atoms with E-state index in [-0.39, 0.29) is 55.9 Å². The second-order valence-corrected chi connectivity index (χ2v) is 25.6.